The van der Waals surface area contributed by atoms with Crippen LogP contribution < -0.4 is 10.2 Å². The lowest BCUT2D eigenvalue weighted by Crippen LogP contribution is -2.34. The molecule has 5 heteroatoms. The summed E-state index contributed by atoms with van der Waals surface area (Å²) in [6, 6.07) is 11.4. The Morgan fingerprint density at radius 1 is 1.17 bits per heavy atom. The SMILES string of the molecule is O=C(CN1CCCCc2c(F)cccc21)Nc1ccc(O)cc1. The summed E-state index contributed by atoms with van der Waals surface area (Å²) in [6.45, 7) is 0.913. The lowest BCUT2D eigenvalue weighted by atomic mass is 10.1. The van der Waals surface area contributed by atoms with Crippen molar-refractivity contribution in [1.82, 2.24) is 0 Å². The molecule has 0 spiro atoms. The number of fused-ring (bicyclic) bond motifs is 1. The summed E-state index contributed by atoms with van der Waals surface area (Å²) < 4.78 is 14.0. The summed E-state index contributed by atoms with van der Waals surface area (Å²) in [6.07, 6.45) is 2.56. The maximum absolute atomic E-state index is 14.0. The van der Waals surface area contributed by atoms with Crippen molar-refractivity contribution in [3.05, 3.63) is 53.8 Å². The second-order valence-corrected chi connectivity index (χ2v) is 5.71. The number of amides is 1. The first-order valence-corrected chi connectivity index (χ1v) is 7.75. The molecule has 3 rings (SSSR count). The fraction of sp³-hybridized carbons (Fsp3) is 0.278. The van der Waals surface area contributed by atoms with E-state index >= 15 is 0 Å². The minimum absolute atomic E-state index is 0.153. The van der Waals surface area contributed by atoms with E-state index < -0.39 is 0 Å². The fourth-order valence-corrected chi connectivity index (χ4v) is 2.90. The van der Waals surface area contributed by atoms with Crippen molar-refractivity contribution in [1.29, 1.82) is 0 Å². The summed E-state index contributed by atoms with van der Waals surface area (Å²) in [5, 5.41) is 12.1. The molecule has 0 saturated heterocycles. The third kappa shape index (κ3) is 3.62. The van der Waals surface area contributed by atoms with Crippen molar-refractivity contribution in [2.45, 2.75) is 19.3 Å². The first-order valence-electron chi connectivity index (χ1n) is 7.75. The molecule has 0 bridgehead atoms. The molecular formula is C18H19FN2O2. The van der Waals surface area contributed by atoms with Crippen molar-refractivity contribution in [3.8, 4) is 5.75 Å². The molecule has 0 radical (unpaired) electrons. The molecule has 0 aromatic heterocycles. The van der Waals surface area contributed by atoms with Gasteiger partial charge in [0.05, 0.1) is 6.54 Å². The molecule has 1 aliphatic rings. The predicted molar refractivity (Wildman–Crippen MR) is 88.3 cm³/mol. The van der Waals surface area contributed by atoms with E-state index in [2.05, 4.69) is 5.32 Å². The average molecular weight is 314 g/mol. The van der Waals surface area contributed by atoms with Gasteiger partial charge in [0.2, 0.25) is 5.91 Å². The Hall–Kier alpha value is -2.56. The molecule has 2 aromatic carbocycles. The molecule has 4 nitrogen and oxygen atoms in total. The molecule has 0 atom stereocenters. The van der Waals surface area contributed by atoms with Crippen molar-refractivity contribution in [3.63, 3.8) is 0 Å². The van der Waals surface area contributed by atoms with E-state index in [0.717, 1.165) is 25.1 Å². The highest BCUT2D eigenvalue weighted by Crippen LogP contribution is 2.28. The molecule has 2 N–H and O–H groups in total. The van der Waals surface area contributed by atoms with Gasteiger partial charge < -0.3 is 15.3 Å². The molecular weight excluding hydrogens is 295 g/mol. The standard InChI is InChI=1S/C18H19FN2O2/c19-16-5-3-6-17-15(16)4-1-2-11-21(17)12-18(23)20-13-7-9-14(22)10-8-13/h3,5-10,22H,1-2,4,11-12H2,(H,20,23). The molecule has 2 aromatic rings. The highest BCUT2D eigenvalue weighted by atomic mass is 19.1. The van der Waals surface area contributed by atoms with Gasteiger partial charge in [0.25, 0.3) is 0 Å². The van der Waals surface area contributed by atoms with Gasteiger partial charge in [-0.15, -0.1) is 0 Å². The Kier molecular flexibility index (Phi) is 4.46. The smallest absolute Gasteiger partial charge is 0.243 e. The number of carbonyl (C=O) groups is 1. The number of hydrogen-bond donors (Lipinski definition) is 2. The largest absolute Gasteiger partial charge is 0.508 e. The zero-order chi connectivity index (χ0) is 16.2. The highest BCUT2D eigenvalue weighted by molar-refractivity contribution is 5.94. The third-order valence-corrected chi connectivity index (χ3v) is 4.03. The van der Waals surface area contributed by atoms with Crippen LogP contribution in [0, 0.1) is 5.82 Å². The summed E-state index contributed by atoms with van der Waals surface area (Å²) >= 11 is 0. The first kappa shape index (κ1) is 15.3. The number of benzene rings is 2. The molecule has 1 amide bonds. The van der Waals surface area contributed by atoms with Gasteiger partial charge in [0.15, 0.2) is 0 Å². The van der Waals surface area contributed by atoms with E-state index in [-0.39, 0.29) is 24.0 Å². The van der Waals surface area contributed by atoms with Gasteiger partial charge >= 0.3 is 0 Å². The van der Waals surface area contributed by atoms with Crippen LogP contribution in [-0.2, 0) is 11.2 Å². The second kappa shape index (κ2) is 6.69. The molecule has 0 fully saturated rings. The Morgan fingerprint density at radius 3 is 2.74 bits per heavy atom. The van der Waals surface area contributed by atoms with Gasteiger partial charge in [-0.3, -0.25) is 4.79 Å². The number of phenolic OH excluding ortho intramolecular Hbond substituents is 1. The number of nitrogens with zero attached hydrogens (tertiary/aromatic N) is 1. The van der Waals surface area contributed by atoms with E-state index in [1.807, 2.05) is 11.0 Å². The molecule has 0 saturated carbocycles. The van der Waals surface area contributed by atoms with E-state index in [9.17, 15) is 14.3 Å². The van der Waals surface area contributed by atoms with E-state index in [1.165, 1.54) is 18.2 Å². The number of phenols is 1. The third-order valence-electron chi connectivity index (χ3n) is 4.03. The summed E-state index contributed by atoms with van der Waals surface area (Å²) in [4.78, 5) is 14.2. The van der Waals surface area contributed by atoms with Crippen LogP contribution in [-0.4, -0.2) is 24.1 Å². The maximum Gasteiger partial charge on any atom is 0.243 e. The predicted octanol–water partition coefficient (Wildman–Crippen LogP) is 3.31. The molecule has 1 aliphatic heterocycles. The Balaban J connectivity index is 1.73. The van der Waals surface area contributed by atoms with Crippen molar-refractivity contribution >= 4 is 17.3 Å². The quantitative estimate of drug-likeness (QED) is 0.855. The van der Waals surface area contributed by atoms with Crippen LogP contribution in [0.25, 0.3) is 0 Å². The molecule has 0 unspecified atom stereocenters. The molecule has 23 heavy (non-hydrogen) atoms. The van der Waals surface area contributed by atoms with Gasteiger partial charge in [-0.25, -0.2) is 4.39 Å². The number of rotatable bonds is 3. The second-order valence-electron chi connectivity index (χ2n) is 5.71. The maximum atomic E-state index is 14.0. The Bertz CT molecular complexity index is 701. The Morgan fingerprint density at radius 2 is 1.96 bits per heavy atom. The van der Waals surface area contributed by atoms with Gasteiger partial charge in [-0.2, -0.15) is 0 Å². The monoisotopic (exact) mass is 314 g/mol. The minimum atomic E-state index is -0.201. The van der Waals surface area contributed by atoms with Crippen LogP contribution in [0.4, 0.5) is 15.8 Å². The van der Waals surface area contributed by atoms with Gasteiger partial charge in [0.1, 0.15) is 11.6 Å². The number of hydrogen-bond acceptors (Lipinski definition) is 3. The number of anilines is 2. The van der Waals surface area contributed by atoms with Crippen LogP contribution in [0.3, 0.4) is 0 Å². The lowest BCUT2D eigenvalue weighted by molar-refractivity contribution is -0.115. The zero-order valence-electron chi connectivity index (χ0n) is 12.8. The van der Waals surface area contributed by atoms with Crippen LogP contribution in [0.15, 0.2) is 42.5 Å². The summed E-state index contributed by atoms with van der Waals surface area (Å²) in [5.41, 5.74) is 2.13. The Labute approximate surface area is 134 Å². The summed E-state index contributed by atoms with van der Waals surface area (Å²) in [7, 11) is 0. The van der Waals surface area contributed by atoms with Crippen LogP contribution in [0.2, 0.25) is 0 Å². The zero-order valence-corrected chi connectivity index (χ0v) is 12.8. The topological polar surface area (TPSA) is 52.6 Å². The van der Waals surface area contributed by atoms with Crippen molar-refractivity contribution < 1.29 is 14.3 Å². The van der Waals surface area contributed by atoms with Crippen LogP contribution >= 0.6 is 0 Å². The summed E-state index contributed by atoms with van der Waals surface area (Å²) in [5.74, 6) is -0.207. The van der Waals surface area contributed by atoms with Crippen LogP contribution in [0.1, 0.15) is 18.4 Å². The minimum Gasteiger partial charge on any atom is -0.508 e. The van der Waals surface area contributed by atoms with Gasteiger partial charge in [-0.05, 0) is 55.7 Å². The first-order chi connectivity index (χ1) is 11.1. The highest BCUT2D eigenvalue weighted by Gasteiger charge is 2.20. The van der Waals surface area contributed by atoms with E-state index in [0.29, 0.717) is 17.7 Å². The average Bonchev–Trinajstić information content (AvgIpc) is 2.73. The molecule has 0 aliphatic carbocycles. The number of aromatic hydroxyl groups is 1. The molecule has 1 heterocycles. The number of nitrogens with one attached hydrogen (secondary N) is 1. The van der Waals surface area contributed by atoms with Crippen molar-refractivity contribution in [2.24, 2.45) is 0 Å². The fourth-order valence-electron chi connectivity index (χ4n) is 2.90. The van der Waals surface area contributed by atoms with E-state index in [1.54, 1.807) is 18.2 Å². The van der Waals surface area contributed by atoms with Gasteiger partial charge in [-0.1, -0.05) is 6.07 Å². The van der Waals surface area contributed by atoms with Gasteiger partial charge in [0, 0.05) is 23.5 Å². The molecule has 120 valence electrons. The van der Waals surface area contributed by atoms with E-state index in [4.69, 9.17) is 0 Å². The van der Waals surface area contributed by atoms with Crippen LogP contribution in [0.5, 0.6) is 5.75 Å². The number of halogens is 1. The number of carbonyl (C=O) groups excluding carboxylic acids is 1. The van der Waals surface area contributed by atoms with Crippen molar-refractivity contribution in [2.75, 3.05) is 23.3 Å². The lowest BCUT2D eigenvalue weighted by Gasteiger charge is -2.24. The normalized spacial score (nSPS) is 14.0.